The summed E-state index contributed by atoms with van der Waals surface area (Å²) in [5, 5.41) is 3.38. The molecule has 1 heterocycles. The van der Waals surface area contributed by atoms with Crippen LogP contribution in [0, 0.1) is 11.3 Å². The number of amides is 1. The third-order valence-electron chi connectivity index (χ3n) is 3.60. The van der Waals surface area contributed by atoms with Crippen LogP contribution in [0.4, 0.5) is 0 Å². The first-order chi connectivity index (χ1) is 7.28. The Morgan fingerprint density at radius 3 is 2.44 bits per heavy atom. The van der Waals surface area contributed by atoms with Crippen molar-refractivity contribution in [2.24, 2.45) is 11.3 Å². The molecule has 0 aromatic heterocycles. The van der Waals surface area contributed by atoms with Crippen LogP contribution >= 0.6 is 0 Å². The van der Waals surface area contributed by atoms with Gasteiger partial charge in [0.25, 0.3) is 0 Å². The number of hydrogen-bond donors (Lipinski definition) is 1. The molecule has 0 spiro atoms. The summed E-state index contributed by atoms with van der Waals surface area (Å²) in [4.78, 5) is 14.1. The van der Waals surface area contributed by atoms with Crippen LogP contribution in [0.15, 0.2) is 0 Å². The van der Waals surface area contributed by atoms with Gasteiger partial charge in [-0.1, -0.05) is 34.6 Å². The molecule has 3 nitrogen and oxygen atoms in total. The summed E-state index contributed by atoms with van der Waals surface area (Å²) in [7, 11) is 0. The number of carbonyl (C=O) groups excluding carboxylic acids is 1. The van der Waals surface area contributed by atoms with Crippen molar-refractivity contribution in [1.82, 2.24) is 10.2 Å². The van der Waals surface area contributed by atoms with Gasteiger partial charge in [-0.15, -0.1) is 0 Å². The highest BCUT2D eigenvalue weighted by Crippen LogP contribution is 2.26. The minimum absolute atomic E-state index is 0.0277. The van der Waals surface area contributed by atoms with E-state index in [2.05, 4.69) is 39.9 Å². The first kappa shape index (κ1) is 13.5. The lowest BCUT2D eigenvalue weighted by Gasteiger charge is -2.34. The van der Waals surface area contributed by atoms with Crippen molar-refractivity contribution in [2.45, 2.75) is 60.2 Å². The number of hydrogen-bond acceptors (Lipinski definition) is 2. The smallest absolute Gasteiger partial charge is 0.240 e. The lowest BCUT2D eigenvalue weighted by molar-refractivity contribution is -0.131. The number of nitrogens with zero attached hydrogens (tertiary/aromatic N) is 1. The second-order valence-corrected chi connectivity index (χ2v) is 6.06. The third kappa shape index (κ3) is 2.76. The van der Waals surface area contributed by atoms with Crippen molar-refractivity contribution in [1.29, 1.82) is 0 Å². The van der Waals surface area contributed by atoms with E-state index in [0.29, 0.717) is 5.92 Å². The topological polar surface area (TPSA) is 32.3 Å². The average molecular weight is 226 g/mol. The van der Waals surface area contributed by atoms with E-state index in [1.165, 1.54) is 0 Å². The first-order valence-electron chi connectivity index (χ1n) is 6.35. The fourth-order valence-corrected chi connectivity index (χ4v) is 2.10. The van der Waals surface area contributed by atoms with Gasteiger partial charge in [0.1, 0.15) is 0 Å². The van der Waals surface area contributed by atoms with Crippen LogP contribution in [0.25, 0.3) is 0 Å². The van der Waals surface area contributed by atoms with Crippen molar-refractivity contribution >= 4 is 5.91 Å². The summed E-state index contributed by atoms with van der Waals surface area (Å²) in [6.07, 6.45) is 1.30. The molecular formula is C13H26N2O. The Balaban J connectivity index is 2.79. The molecule has 0 saturated carbocycles. The van der Waals surface area contributed by atoms with Gasteiger partial charge in [-0.3, -0.25) is 10.1 Å². The Hall–Kier alpha value is -0.570. The largest absolute Gasteiger partial charge is 0.325 e. The zero-order chi connectivity index (χ0) is 12.5. The van der Waals surface area contributed by atoms with Gasteiger partial charge in [-0.05, 0) is 24.7 Å². The van der Waals surface area contributed by atoms with Gasteiger partial charge < -0.3 is 4.90 Å². The SMILES string of the molecule is CCC(C)(C)CN1C(=O)C(C)NC1C(C)C. The summed E-state index contributed by atoms with van der Waals surface area (Å²) in [5.74, 6) is 0.710. The summed E-state index contributed by atoms with van der Waals surface area (Å²) in [6, 6.07) is -0.0277. The monoisotopic (exact) mass is 226 g/mol. The van der Waals surface area contributed by atoms with E-state index in [9.17, 15) is 4.79 Å². The standard InChI is InChI=1S/C13H26N2O/c1-7-13(5,6)8-15-11(9(2)3)14-10(4)12(15)16/h9-11,14H,7-8H2,1-6H3. The highest BCUT2D eigenvalue weighted by molar-refractivity contribution is 5.84. The quantitative estimate of drug-likeness (QED) is 0.797. The number of rotatable bonds is 4. The van der Waals surface area contributed by atoms with Gasteiger partial charge in [0, 0.05) is 6.54 Å². The van der Waals surface area contributed by atoms with Gasteiger partial charge in [0.15, 0.2) is 0 Å². The lowest BCUT2D eigenvalue weighted by Crippen LogP contribution is -2.45. The minimum Gasteiger partial charge on any atom is -0.325 e. The Morgan fingerprint density at radius 2 is 2.00 bits per heavy atom. The van der Waals surface area contributed by atoms with Crippen molar-refractivity contribution in [2.75, 3.05) is 6.54 Å². The summed E-state index contributed by atoms with van der Waals surface area (Å²) in [5.41, 5.74) is 0.203. The van der Waals surface area contributed by atoms with Crippen LogP contribution in [0.5, 0.6) is 0 Å². The van der Waals surface area contributed by atoms with E-state index < -0.39 is 0 Å². The van der Waals surface area contributed by atoms with E-state index in [1.54, 1.807) is 0 Å². The molecule has 0 aromatic carbocycles. The fourth-order valence-electron chi connectivity index (χ4n) is 2.10. The molecule has 0 bridgehead atoms. The second kappa shape index (κ2) is 4.74. The van der Waals surface area contributed by atoms with E-state index in [1.807, 2.05) is 11.8 Å². The minimum atomic E-state index is -0.0277. The predicted molar refractivity (Wildman–Crippen MR) is 67.0 cm³/mol. The molecule has 1 saturated heterocycles. The summed E-state index contributed by atoms with van der Waals surface area (Å²) < 4.78 is 0. The molecule has 0 radical (unpaired) electrons. The maximum Gasteiger partial charge on any atom is 0.240 e. The average Bonchev–Trinajstić information content (AvgIpc) is 2.46. The molecule has 16 heavy (non-hydrogen) atoms. The summed E-state index contributed by atoms with van der Waals surface area (Å²) in [6.45, 7) is 13.8. The molecule has 1 aliphatic heterocycles. The zero-order valence-corrected chi connectivity index (χ0v) is 11.5. The van der Waals surface area contributed by atoms with Gasteiger partial charge >= 0.3 is 0 Å². The Labute approximate surface area is 99.6 Å². The molecule has 1 aliphatic rings. The van der Waals surface area contributed by atoms with Crippen LogP contribution < -0.4 is 5.32 Å². The van der Waals surface area contributed by atoms with E-state index in [4.69, 9.17) is 0 Å². The normalized spacial score (nSPS) is 26.9. The summed E-state index contributed by atoms with van der Waals surface area (Å²) >= 11 is 0. The van der Waals surface area contributed by atoms with Gasteiger partial charge in [-0.25, -0.2) is 0 Å². The highest BCUT2D eigenvalue weighted by Gasteiger charge is 2.39. The van der Waals surface area contributed by atoms with Crippen LogP contribution in [-0.2, 0) is 4.79 Å². The zero-order valence-electron chi connectivity index (χ0n) is 11.5. The molecule has 1 rings (SSSR count). The molecule has 1 N–H and O–H groups in total. The molecule has 3 heteroatoms. The molecular weight excluding hydrogens is 200 g/mol. The van der Waals surface area contributed by atoms with Crippen molar-refractivity contribution in [3.8, 4) is 0 Å². The molecule has 94 valence electrons. The van der Waals surface area contributed by atoms with Gasteiger partial charge in [-0.2, -0.15) is 0 Å². The predicted octanol–water partition coefficient (Wildman–Crippen LogP) is 2.22. The van der Waals surface area contributed by atoms with E-state index in [0.717, 1.165) is 13.0 Å². The van der Waals surface area contributed by atoms with Crippen molar-refractivity contribution < 1.29 is 4.79 Å². The van der Waals surface area contributed by atoms with E-state index >= 15 is 0 Å². The van der Waals surface area contributed by atoms with Gasteiger partial charge in [0.05, 0.1) is 12.2 Å². The van der Waals surface area contributed by atoms with Gasteiger partial charge in [0.2, 0.25) is 5.91 Å². The first-order valence-corrected chi connectivity index (χ1v) is 6.35. The maximum absolute atomic E-state index is 12.1. The van der Waals surface area contributed by atoms with Crippen LogP contribution in [0.1, 0.15) is 48.0 Å². The number of nitrogens with one attached hydrogen (secondary N) is 1. The number of carbonyl (C=O) groups is 1. The van der Waals surface area contributed by atoms with Crippen molar-refractivity contribution in [3.63, 3.8) is 0 Å². The molecule has 2 atom stereocenters. The maximum atomic E-state index is 12.1. The Kier molecular flexibility index (Phi) is 4.00. The fraction of sp³-hybridized carbons (Fsp3) is 0.923. The van der Waals surface area contributed by atoms with Crippen LogP contribution in [-0.4, -0.2) is 29.6 Å². The Bertz CT molecular complexity index is 261. The molecule has 2 unspecified atom stereocenters. The van der Waals surface area contributed by atoms with Crippen molar-refractivity contribution in [3.05, 3.63) is 0 Å². The van der Waals surface area contributed by atoms with Crippen LogP contribution in [0.2, 0.25) is 0 Å². The third-order valence-corrected chi connectivity index (χ3v) is 3.60. The Morgan fingerprint density at radius 1 is 1.44 bits per heavy atom. The van der Waals surface area contributed by atoms with E-state index in [-0.39, 0.29) is 23.5 Å². The molecule has 0 aromatic rings. The molecule has 1 fully saturated rings. The lowest BCUT2D eigenvalue weighted by atomic mass is 9.89. The van der Waals surface area contributed by atoms with Crippen LogP contribution in [0.3, 0.4) is 0 Å². The highest BCUT2D eigenvalue weighted by atomic mass is 16.2. The molecule has 0 aliphatic carbocycles. The molecule has 1 amide bonds. The second-order valence-electron chi connectivity index (χ2n) is 6.06.